The largest absolute Gasteiger partial charge is 0.480 e. The summed E-state index contributed by atoms with van der Waals surface area (Å²) in [5, 5.41) is 140. The number of likely N-dealkylation sites (tertiary alicyclic amines) is 2. The fourth-order valence-electron chi connectivity index (χ4n) is 15.2. The molecule has 12 rings (SSSR count). The predicted molar refractivity (Wildman–Crippen MR) is 478 cm³/mol. The van der Waals surface area contributed by atoms with Gasteiger partial charge in [-0.1, -0.05) is 6.42 Å². The molecule has 0 bridgehead atoms. The molecule has 724 valence electrons. The molecule has 6 aromatic heterocycles. The van der Waals surface area contributed by atoms with E-state index in [4.69, 9.17) is 34.5 Å². The minimum Gasteiger partial charge on any atom is -0.480 e. The topological polar surface area (TPSA) is 614 Å². The number of nitrogens with one attached hydrogen (secondary N) is 1. The number of piperidine rings is 3. The standard InChI is InChI=1S/C31H45N7O8.C26H37N7O6.C19H24N6O7.C11H22N2O2/c1-18-13-22-23(14-19(18)2)38(29(43)26(32-22)28-33-34-35-36(28)6)15-24(40)27(42)25(41)17-45-16-21(39)11-10-20-9-7-8-12-37(20)30(44)46-31(3,4)5;1-15-10-19-20(11-16(15)2)33(26(38)23(28-19)25-29-30-31-32(25)3)12-21(35)24(37)22(36)14-39-13-18(34)8-7-17-6-4-5-9-27-17;1-9-4-11-12(5-10(9)2)25(19(31)16(20-11)18-21-22-23-24(18)3)6-13(26)17(30)14(27)7-32-8-15(28)29;1-11(2,3)15-10(14)13-7-5-4-6-9(13)8-12/h13-14,20,24-25,27,40-42H,7-12,15-17H2,1-6H3;10-11,17,21-22,24,27,35-37H,4-9,12-14H2,1-3H3;4-5,13-14,17,26-27,30H,6-8H2,1-3H3,(H,28,29);9H,4-8,12H2,1-3H3/t20?,24-,25+,27-;17?,21-,22+,24-;13-,14+,17-;/m000./s1. The number of ether oxygens (including phenoxy) is 5. The third-order valence-corrected chi connectivity index (χ3v) is 23.0. The van der Waals surface area contributed by atoms with Gasteiger partial charge in [0.25, 0.3) is 16.7 Å². The number of amides is 2. The van der Waals surface area contributed by atoms with E-state index in [9.17, 15) is 84.3 Å². The summed E-state index contributed by atoms with van der Waals surface area (Å²) in [5.74, 6) is -1.13. The lowest BCUT2D eigenvalue weighted by molar-refractivity contribution is -0.145. The molecule has 132 heavy (non-hydrogen) atoms. The molecular weight excluding hydrogens is 1720 g/mol. The van der Waals surface area contributed by atoms with Crippen molar-refractivity contribution in [3.05, 3.63) is 101 Å². The number of carboxylic acid groups (broad SMARTS) is 1. The predicted octanol–water partition coefficient (Wildman–Crippen LogP) is 1.36. The molecule has 9 aromatic rings. The number of nitrogens with two attached hydrogens (primary N) is 1. The molecule has 13 N–H and O–H groups in total. The van der Waals surface area contributed by atoms with Gasteiger partial charge in [0, 0.05) is 71.7 Å². The molecule has 12 atom stereocenters. The number of ketones is 2. The number of aromatic nitrogens is 18. The number of hydrogen-bond acceptors (Lipinski definition) is 36. The highest BCUT2D eigenvalue weighted by Gasteiger charge is 2.36. The summed E-state index contributed by atoms with van der Waals surface area (Å²) in [6, 6.07) is 11.1. The fourth-order valence-corrected chi connectivity index (χ4v) is 15.2. The zero-order valence-corrected chi connectivity index (χ0v) is 77.6. The van der Waals surface area contributed by atoms with Crippen molar-refractivity contribution in [2.24, 2.45) is 26.9 Å². The van der Waals surface area contributed by atoms with Crippen LogP contribution in [0.5, 0.6) is 0 Å². The van der Waals surface area contributed by atoms with E-state index < -0.39 is 109 Å². The van der Waals surface area contributed by atoms with Crippen molar-refractivity contribution in [1.29, 1.82) is 0 Å². The third kappa shape index (κ3) is 28.6. The van der Waals surface area contributed by atoms with Gasteiger partial charge in [-0.25, -0.2) is 43.4 Å². The van der Waals surface area contributed by atoms with E-state index in [2.05, 4.69) is 66.8 Å². The van der Waals surface area contributed by atoms with Crippen LogP contribution in [-0.2, 0) is 78.8 Å². The number of hydrogen-bond donors (Lipinski definition) is 12. The Morgan fingerprint density at radius 1 is 0.447 bits per heavy atom. The Morgan fingerprint density at radius 2 is 0.773 bits per heavy atom. The molecule has 45 heteroatoms. The Balaban J connectivity index is 0.000000209. The minimum atomic E-state index is -1.70. The monoisotopic (exact) mass is 1850 g/mol. The first-order valence-corrected chi connectivity index (χ1v) is 44.1. The number of rotatable bonds is 34. The van der Waals surface area contributed by atoms with Crippen molar-refractivity contribution < 1.29 is 98.7 Å². The first-order valence-electron chi connectivity index (χ1n) is 44.1. The summed E-state index contributed by atoms with van der Waals surface area (Å²) in [7, 11) is 4.70. The van der Waals surface area contributed by atoms with Crippen molar-refractivity contribution in [2.45, 2.75) is 270 Å². The fraction of sp³-hybridized carbons (Fsp3) is 0.632. The van der Waals surface area contributed by atoms with Crippen LogP contribution >= 0.6 is 0 Å². The lowest BCUT2D eigenvalue weighted by atomic mass is 9.97. The summed E-state index contributed by atoms with van der Waals surface area (Å²) >= 11 is 0. The number of benzene rings is 3. The van der Waals surface area contributed by atoms with Gasteiger partial charge < -0.3 is 109 Å². The van der Waals surface area contributed by atoms with Crippen LogP contribution in [0.2, 0.25) is 0 Å². The van der Waals surface area contributed by atoms with E-state index in [1.165, 1.54) is 27.7 Å². The first-order chi connectivity index (χ1) is 62.3. The van der Waals surface area contributed by atoms with E-state index in [-0.39, 0.29) is 116 Å². The number of aryl methyl sites for hydroxylation is 9. The van der Waals surface area contributed by atoms with Gasteiger partial charge in [-0.2, -0.15) is 0 Å². The zero-order chi connectivity index (χ0) is 96.9. The van der Waals surface area contributed by atoms with Crippen LogP contribution < -0.4 is 27.7 Å². The van der Waals surface area contributed by atoms with Crippen LogP contribution in [0.25, 0.3) is 67.7 Å². The molecular formula is C87H128N22O23. The molecule has 0 saturated carbocycles. The van der Waals surface area contributed by atoms with Gasteiger partial charge >= 0.3 is 18.2 Å². The number of nitrogens with zero attached hydrogens (tertiary/aromatic N) is 20. The normalized spacial score (nSPS) is 17.6. The Labute approximate surface area is 761 Å². The van der Waals surface area contributed by atoms with Crippen molar-refractivity contribution in [2.75, 3.05) is 65.8 Å². The second-order valence-corrected chi connectivity index (χ2v) is 35.8. The second-order valence-electron chi connectivity index (χ2n) is 35.8. The van der Waals surface area contributed by atoms with Crippen LogP contribution in [0.3, 0.4) is 0 Å². The van der Waals surface area contributed by atoms with E-state index >= 15 is 0 Å². The summed E-state index contributed by atoms with van der Waals surface area (Å²) in [6.45, 7) is 21.8. The molecule has 9 heterocycles. The number of carbonyl (C=O) groups excluding carboxylic acids is 4. The van der Waals surface area contributed by atoms with E-state index in [1.807, 2.05) is 89.2 Å². The molecule has 3 saturated heterocycles. The average molecular weight is 1850 g/mol. The number of fused-ring (bicyclic) bond motifs is 3. The van der Waals surface area contributed by atoms with E-state index in [0.717, 1.165) is 111 Å². The van der Waals surface area contributed by atoms with Crippen LogP contribution in [0.1, 0.15) is 158 Å². The van der Waals surface area contributed by atoms with Gasteiger partial charge in [-0.15, -0.1) is 15.3 Å². The summed E-state index contributed by atoms with van der Waals surface area (Å²) in [6.07, 6.45) is -3.94. The molecule has 3 unspecified atom stereocenters. The summed E-state index contributed by atoms with van der Waals surface area (Å²) in [4.78, 5) is 117. The zero-order valence-electron chi connectivity index (χ0n) is 77.6. The van der Waals surface area contributed by atoms with Crippen LogP contribution in [0.4, 0.5) is 9.59 Å². The number of aliphatic carboxylic acids is 1. The van der Waals surface area contributed by atoms with Gasteiger partial charge in [0.2, 0.25) is 17.5 Å². The van der Waals surface area contributed by atoms with Gasteiger partial charge in [0.15, 0.2) is 28.6 Å². The highest BCUT2D eigenvalue weighted by atomic mass is 16.6. The molecule has 2 amide bonds. The second kappa shape index (κ2) is 47.6. The molecule has 3 aromatic carbocycles. The van der Waals surface area contributed by atoms with Gasteiger partial charge in [-0.05, 0) is 255 Å². The van der Waals surface area contributed by atoms with Crippen molar-refractivity contribution in [3.8, 4) is 34.6 Å². The molecule has 3 aliphatic rings. The number of aliphatic hydroxyl groups excluding tert-OH is 9. The average Bonchev–Trinajstić information content (AvgIpc) is 1.17. The lowest BCUT2D eigenvalue weighted by Crippen LogP contribution is -2.49. The van der Waals surface area contributed by atoms with Crippen molar-refractivity contribution in [1.82, 2.24) is 104 Å². The molecule has 0 radical (unpaired) electrons. The number of Topliss-reactive ketones (excluding diaryl/α,β-unsaturated/α-hetero) is 2. The van der Waals surface area contributed by atoms with Crippen LogP contribution in [0.15, 0.2) is 50.8 Å². The Morgan fingerprint density at radius 3 is 1.09 bits per heavy atom. The number of aliphatic hydroxyl groups is 9. The van der Waals surface area contributed by atoms with Crippen LogP contribution in [-0.4, -0.2) is 330 Å². The highest BCUT2D eigenvalue weighted by molar-refractivity contribution is 5.82. The Kier molecular flexibility index (Phi) is 37.8. The third-order valence-electron chi connectivity index (χ3n) is 23.0. The summed E-state index contributed by atoms with van der Waals surface area (Å²) < 4.78 is 34.1. The lowest BCUT2D eigenvalue weighted by Gasteiger charge is -2.36. The molecule has 0 spiro atoms. The smallest absolute Gasteiger partial charge is 0.410 e. The molecule has 3 fully saturated rings. The maximum absolute atomic E-state index is 13.5. The van der Waals surface area contributed by atoms with Gasteiger partial charge in [0.1, 0.15) is 86.0 Å². The number of carboxylic acids is 1. The minimum absolute atomic E-state index is 0.00855. The Bertz CT molecular complexity index is 5600. The Hall–Kier alpha value is -10.9. The SMILES string of the molecule is CC(C)(C)OC(=O)N1CCCCC1CN.Cc1cc2nc(-c3nnnn3C)c(=O)n(C[C@H](O)[C@H](O)[C@H](O)COCC(=O)CCC3CCCCN3)c2cc1C.Cc1cc2nc(-c3nnnn3C)c(=O)n(C[C@H](O)[C@H](O)[C@H](O)COCC(=O)CCC3CCCCN3C(=O)OC(C)(C)C)c2cc1C.Cc1cc2nc(-c3nnnn3C)c(=O)n(C[C@H](O)[C@H](O)[C@H](O)COCC(=O)O)c2cc1C. The van der Waals surface area contributed by atoms with Gasteiger partial charge in [-0.3, -0.25) is 24.0 Å². The maximum atomic E-state index is 13.5. The van der Waals surface area contributed by atoms with E-state index in [0.29, 0.717) is 65.1 Å². The number of tetrazole rings is 3. The van der Waals surface area contributed by atoms with Crippen molar-refractivity contribution >= 4 is 62.8 Å². The first kappa shape index (κ1) is 105. The quantitative estimate of drug-likeness (QED) is 0.0271. The maximum Gasteiger partial charge on any atom is 0.410 e. The number of carbonyl (C=O) groups is 5. The molecule has 45 nitrogen and oxygen atoms in total. The molecule has 0 aliphatic carbocycles. The highest BCUT2D eigenvalue weighted by Crippen LogP contribution is 2.29. The van der Waals surface area contributed by atoms with Gasteiger partial charge in [0.05, 0.1) is 72.6 Å². The van der Waals surface area contributed by atoms with E-state index in [1.54, 1.807) is 61.3 Å². The molecule has 3 aliphatic heterocycles. The van der Waals surface area contributed by atoms with Crippen LogP contribution in [0, 0.1) is 41.5 Å². The van der Waals surface area contributed by atoms with Crippen molar-refractivity contribution in [3.63, 3.8) is 0 Å². The summed E-state index contributed by atoms with van der Waals surface area (Å²) in [5.41, 5.74) is 11.0.